The molecule has 0 aliphatic carbocycles. The lowest BCUT2D eigenvalue weighted by Crippen LogP contribution is -2.43. The molecule has 1 amide bonds. The molecule has 0 spiro atoms. The second-order valence-corrected chi connectivity index (χ2v) is 10.3. The Morgan fingerprint density at radius 3 is 2.08 bits per heavy atom. The van der Waals surface area contributed by atoms with Crippen LogP contribution in [0.25, 0.3) is 0 Å². The van der Waals surface area contributed by atoms with Crippen LogP contribution in [-0.4, -0.2) is 32.8 Å². The van der Waals surface area contributed by atoms with Gasteiger partial charge in [0.25, 0.3) is 10.1 Å². The van der Waals surface area contributed by atoms with E-state index in [2.05, 4.69) is 5.32 Å². The largest absolute Gasteiger partial charge is 0.444 e. The first-order valence-corrected chi connectivity index (χ1v) is 10.0. The van der Waals surface area contributed by atoms with E-state index in [0.29, 0.717) is 6.42 Å². The zero-order chi connectivity index (χ0) is 20.2. The molecule has 0 unspecified atom stereocenters. The molecule has 1 rings (SSSR count). The molecule has 1 N–H and O–H groups in total. The quantitative estimate of drug-likeness (QED) is 0.748. The Morgan fingerprint density at radius 1 is 1.08 bits per heavy atom. The molecule has 1 aromatic rings. The molecule has 0 aliphatic heterocycles. The van der Waals surface area contributed by atoms with Crippen molar-refractivity contribution in [1.82, 2.24) is 5.32 Å². The number of hydrogen-bond donors (Lipinski definition) is 1. The van der Waals surface area contributed by atoms with Crippen molar-refractivity contribution in [1.29, 1.82) is 0 Å². The van der Waals surface area contributed by atoms with Gasteiger partial charge in [0, 0.05) is 0 Å². The molecular formula is C19H31NO5S. The van der Waals surface area contributed by atoms with E-state index in [1.54, 1.807) is 32.9 Å². The smallest absolute Gasteiger partial charge is 0.407 e. The van der Waals surface area contributed by atoms with E-state index in [-0.39, 0.29) is 16.9 Å². The number of rotatable bonds is 6. The Balaban J connectivity index is 2.82. The standard InChI is InChI=1S/C19H31NO5S/c1-14-8-10-16(11-9-14)26(22,23)24-13-15(12-18(2,3)4)20-17(21)25-19(5,6)7/h8-11,15H,12-13H2,1-7H3,(H,20,21)/t15-/m0/s1. The summed E-state index contributed by atoms with van der Waals surface area (Å²) in [5.74, 6) is 0. The van der Waals surface area contributed by atoms with Gasteiger partial charge in [-0.15, -0.1) is 0 Å². The number of alkyl carbamates (subject to hydrolysis) is 1. The van der Waals surface area contributed by atoms with Crippen molar-refractivity contribution in [3.8, 4) is 0 Å². The van der Waals surface area contributed by atoms with E-state index >= 15 is 0 Å². The molecule has 0 aliphatic rings. The Labute approximate surface area is 157 Å². The van der Waals surface area contributed by atoms with Crippen LogP contribution in [0.4, 0.5) is 4.79 Å². The number of carbonyl (C=O) groups is 1. The number of ether oxygens (including phenoxy) is 1. The minimum atomic E-state index is -3.89. The molecule has 1 atom stereocenters. The minimum Gasteiger partial charge on any atom is -0.444 e. The highest BCUT2D eigenvalue weighted by atomic mass is 32.2. The topological polar surface area (TPSA) is 81.7 Å². The molecule has 7 heteroatoms. The normalized spacial score (nSPS) is 14.0. The molecule has 26 heavy (non-hydrogen) atoms. The van der Waals surface area contributed by atoms with E-state index < -0.39 is 27.9 Å². The van der Waals surface area contributed by atoms with Gasteiger partial charge in [0.15, 0.2) is 0 Å². The lowest BCUT2D eigenvalue weighted by Gasteiger charge is -2.28. The molecule has 0 saturated heterocycles. The molecule has 0 aromatic heterocycles. The highest BCUT2D eigenvalue weighted by Crippen LogP contribution is 2.22. The zero-order valence-electron chi connectivity index (χ0n) is 16.8. The van der Waals surface area contributed by atoms with E-state index in [1.165, 1.54) is 12.1 Å². The van der Waals surface area contributed by atoms with Crippen molar-refractivity contribution in [2.24, 2.45) is 5.41 Å². The number of amides is 1. The summed E-state index contributed by atoms with van der Waals surface area (Å²) in [5, 5.41) is 2.71. The number of hydrogen-bond acceptors (Lipinski definition) is 5. The lowest BCUT2D eigenvalue weighted by atomic mass is 9.88. The van der Waals surface area contributed by atoms with E-state index in [0.717, 1.165) is 5.56 Å². The van der Waals surface area contributed by atoms with Gasteiger partial charge in [-0.3, -0.25) is 4.18 Å². The van der Waals surface area contributed by atoms with Gasteiger partial charge in [-0.1, -0.05) is 38.5 Å². The fourth-order valence-corrected chi connectivity index (χ4v) is 3.26. The van der Waals surface area contributed by atoms with Crippen LogP contribution < -0.4 is 5.32 Å². The Morgan fingerprint density at radius 2 is 1.62 bits per heavy atom. The maximum absolute atomic E-state index is 12.4. The number of carbonyl (C=O) groups excluding carboxylic acids is 1. The number of nitrogens with one attached hydrogen (secondary N) is 1. The molecule has 0 bridgehead atoms. The molecule has 1 aromatic carbocycles. The van der Waals surface area contributed by atoms with Gasteiger partial charge >= 0.3 is 6.09 Å². The third kappa shape index (κ3) is 8.67. The van der Waals surface area contributed by atoms with Crippen LogP contribution in [0, 0.1) is 12.3 Å². The van der Waals surface area contributed by atoms with Gasteiger partial charge in [0.2, 0.25) is 0 Å². The minimum absolute atomic E-state index is 0.0925. The van der Waals surface area contributed by atoms with Crippen molar-refractivity contribution in [2.75, 3.05) is 6.61 Å². The Hall–Kier alpha value is -1.60. The summed E-state index contributed by atoms with van der Waals surface area (Å²) in [5.41, 5.74) is 0.197. The molecule has 0 heterocycles. The van der Waals surface area contributed by atoms with Crippen LogP contribution in [0.2, 0.25) is 0 Å². The number of aryl methyl sites for hydroxylation is 1. The SMILES string of the molecule is Cc1ccc(S(=O)(=O)OC[C@H](CC(C)(C)C)NC(=O)OC(C)(C)C)cc1. The fourth-order valence-electron chi connectivity index (χ4n) is 2.31. The predicted octanol–water partition coefficient (Wildman–Crippen LogP) is 4.03. The Bertz CT molecular complexity index is 697. The predicted molar refractivity (Wildman–Crippen MR) is 102 cm³/mol. The first-order chi connectivity index (χ1) is 11.7. The molecule has 0 fully saturated rings. The van der Waals surface area contributed by atoms with Gasteiger partial charge in [-0.05, 0) is 51.7 Å². The van der Waals surface area contributed by atoms with Crippen LogP contribution in [-0.2, 0) is 19.0 Å². The van der Waals surface area contributed by atoms with E-state index in [1.807, 2.05) is 27.7 Å². The van der Waals surface area contributed by atoms with Crippen LogP contribution in [0.1, 0.15) is 53.5 Å². The third-order valence-corrected chi connectivity index (χ3v) is 4.61. The highest BCUT2D eigenvalue weighted by Gasteiger charge is 2.26. The highest BCUT2D eigenvalue weighted by molar-refractivity contribution is 7.86. The van der Waals surface area contributed by atoms with Crippen LogP contribution in [0.5, 0.6) is 0 Å². The van der Waals surface area contributed by atoms with Crippen molar-refractivity contribution >= 4 is 16.2 Å². The summed E-state index contributed by atoms with van der Waals surface area (Å²) in [7, 11) is -3.89. The average Bonchev–Trinajstić information content (AvgIpc) is 2.41. The van der Waals surface area contributed by atoms with E-state index in [4.69, 9.17) is 8.92 Å². The molecule has 6 nitrogen and oxygen atoms in total. The third-order valence-electron chi connectivity index (χ3n) is 3.31. The second kappa shape index (κ2) is 8.39. The maximum atomic E-state index is 12.4. The van der Waals surface area contributed by atoms with Crippen LogP contribution in [0.15, 0.2) is 29.2 Å². The van der Waals surface area contributed by atoms with Gasteiger partial charge in [-0.25, -0.2) is 4.79 Å². The Kier molecular flexibility index (Phi) is 7.24. The van der Waals surface area contributed by atoms with Crippen LogP contribution >= 0.6 is 0 Å². The first kappa shape index (κ1) is 22.4. The second-order valence-electron chi connectivity index (χ2n) is 8.66. The van der Waals surface area contributed by atoms with Crippen molar-refractivity contribution in [3.63, 3.8) is 0 Å². The molecular weight excluding hydrogens is 354 g/mol. The monoisotopic (exact) mass is 385 g/mol. The van der Waals surface area contributed by atoms with Gasteiger partial charge < -0.3 is 10.1 Å². The molecule has 0 saturated carbocycles. The van der Waals surface area contributed by atoms with Gasteiger partial charge in [-0.2, -0.15) is 8.42 Å². The van der Waals surface area contributed by atoms with Crippen molar-refractivity contribution in [3.05, 3.63) is 29.8 Å². The summed E-state index contributed by atoms with van der Waals surface area (Å²) < 4.78 is 35.2. The first-order valence-electron chi connectivity index (χ1n) is 8.64. The lowest BCUT2D eigenvalue weighted by molar-refractivity contribution is 0.0472. The number of benzene rings is 1. The summed E-state index contributed by atoms with van der Waals surface area (Å²) in [6.07, 6.45) is -0.0570. The van der Waals surface area contributed by atoms with Crippen LogP contribution in [0.3, 0.4) is 0 Å². The van der Waals surface area contributed by atoms with Gasteiger partial charge in [0.05, 0.1) is 17.5 Å². The average molecular weight is 386 g/mol. The van der Waals surface area contributed by atoms with E-state index in [9.17, 15) is 13.2 Å². The summed E-state index contributed by atoms with van der Waals surface area (Å²) in [6.45, 7) is 13.0. The fraction of sp³-hybridized carbons (Fsp3) is 0.632. The summed E-state index contributed by atoms with van der Waals surface area (Å²) in [4.78, 5) is 12.1. The van der Waals surface area contributed by atoms with Crippen molar-refractivity contribution in [2.45, 2.75) is 71.4 Å². The summed E-state index contributed by atoms with van der Waals surface area (Å²) in [6, 6.07) is 5.93. The van der Waals surface area contributed by atoms with Crippen molar-refractivity contribution < 1.29 is 22.1 Å². The zero-order valence-corrected chi connectivity index (χ0v) is 17.6. The molecule has 148 valence electrons. The maximum Gasteiger partial charge on any atom is 0.407 e. The molecule has 0 radical (unpaired) electrons. The van der Waals surface area contributed by atoms with Gasteiger partial charge in [0.1, 0.15) is 5.60 Å². The summed E-state index contributed by atoms with van der Waals surface area (Å²) >= 11 is 0.